The normalized spacial score (nSPS) is 12.1. The number of nitrogens with one attached hydrogen (secondary N) is 1. The second kappa shape index (κ2) is 11.4. The van der Waals surface area contributed by atoms with Gasteiger partial charge in [-0.15, -0.1) is 0 Å². The van der Waals surface area contributed by atoms with Crippen molar-refractivity contribution in [3.8, 4) is 0 Å². The summed E-state index contributed by atoms with van der Waals surface area (Å²) in [5.74, 6) is -3.79. The van der Waals surface area contributed by atoms with Crippen LogP contribution in [0.25, 0.3) is 0 Å². The summed E-state index contributed by atoms with van der Waals surface area (Å²) in [7, 11) is 3.35. The second-order valence-electron chi connectivity index (χ2n) is 5.64. The topological polar surface area (TPSA) is 117 Å². The molecule has 0 saturated carbocycles. The van der Waals surface area contributed by atoms with E-state index in [9.17, 15) is 19.2 Å². The molecule has 0 saturated heterocycles. The molecule has 0 radical (unpaired) electrons. The van der Waals surface area contributed by atoms with Crippen LogP contribution in [0, 0.1) is 5.92 Å². The molecule has 0 bridgehead atoms. The molecule has 9 nitrogen and oxygen atoms in total. The number of alkyl carbamates (subject to hydrolysis) is 1. The van der Waals surface area contributed by atoms with Gasteiger partial charge in [-0.2, -0.15) is 0 Å². The van der Waals surface area contributed by atoms with E-state index in [-0.39, 0.29) is 18.6 Å². The maximum absolute atomic E-state index is 12.2. The first-order chi connectivity index (χ1) is 13.3. The van der Waals surface area contributed by atoms with Crippen molar-refractivity contribution in [1.29, 1.82) is 0 Å². The highest BCUT2D eigenvalue weighted by atomic mass is 16.6. The Hall–Kier alpha value is -3.36. The molecule has 0 unspecified atom stereocenters. The van der Waals surface area contributed by atoms with Crippen molar-refractivity contribution in [3.63, 3.8) is 0 Å². The van der Waals surface area contributed by atoms with E-state index < -0.39 is 36.0 Å². The minimum Gasteiger partial charge on any atom is -0.469 e. The highest BCUT2D eigenvalue weighted by Gasteiger charge is 2.38. The number of hydrogen-bond donors (Lipinski definition) is 1. The standard InChI is InChI=1S/C19H23NO8/c1-12(16(21)25-2)10-14(17(22)26-3)15(18(23)27-4)20-19(24)28-11-13-8-6-5-7-9-13/h5-9,14-15H,1,10-11H2,2-4H3,(H,20,24)/t14-,15+/m1/s1. The van der Waals surface area contributed by atoms with Crippen LogP contribution in [0.4, 0.5) is 4.79 Å². The Morgan fingerprint density at radius 1 is 0.964 bits per heavy atom. The van der Waals surface area contributed by atoms with Gasteiger partial charge in [0, 0.05) is 5.57 Å². The van der Waals surface area contributed by atoms with Gasteiger partial charge in [0.2, 0.25) is 0 Å². The third kappa shape index (κ3) is 6.75. The summed E-state index contributed by atoms with van der Waals surface area (Å²) in [6.07, 6.45) is -1.24. The summed E-state index contributed by atoms with van der Waals surface area (Å²) in [6.45, 7) is 3.48. The molecular formula is C19H23NO8. The molecule has 0 aliphatic carbocycles. The average molecular weight is 393 g/mol. The maximum Gasteiger partial charge on any atom is 0.408 e. The zero-order valence-corrected chi connectivity index (χ0v) is 15.9. The summed E-state index contributed by atoms with van der Waals surface area (Å²) in [5, 5.41) is 2.29. The largest absolute Gasteiger partial charge is 0.469 e. The Bertz CT molecular complexity index is 716. The minimum atomic E-state index is -1.46. The fourth-order valence-corrected chi connectivity index (χ4v) is 2.32. The van der Waals surface area contributed by atoms with Crippen LogP contribution in [0.2, 0.25) is 0 Å². The predicted octanol–water partition coefficient (Wildman–Crippen LogP) is 1.36. The number of ether oxygens (including phenoxy) is 4. The molecule has 2 atom stereocenters. The van der Waals surface area contributed by atoms with E-state index in [2.05, 4.69) is 26.1 Å². The molecule has 0 aromatic heterocycles. The molecule has 1 aromatic rings. The van der Waals surface area contributed by atoms with Gasteiger partial charge in [-0.1, -0.05) is 36.9 Å². The average Bonchev–Trinajstić information content (AvgIpc) is 2.73. The van der Waals surface area contributed by atoms with Crippen molar-refractivity contribution < 1.29 is 38.1 Å². The van der Waals surface area contributed by atoms with Crippen LogP contribution in [0.1, 0.15) is 12.0 Å². The van der Waals surface area contributed by atoms with E-state index in [1.54, 1.807) is 24.3 Å². The summed E-state index contributed by atoms with van der Waals surface area (Å²) >= 11 is 0. The summed E-state index contributed by atoms with van der Waals surface area (Å²) in [4.78, 5) is 48.1. The van der Waals surface area contributed by atoms with Gasteiger partial charge in [0.1, 0.15) is 12.6 Å². The zero-order valence-electron chi connectivity index (χ0n) is 15.9. The van der Waals surface area contributed by atoms with Crippen molar-refractivity contribution >= 4 is 24.0 Å². The van der Waals surface area contributed by atoms with Crippen LogP contribution >= 0.6 is 0 Å². The van der Waals surface area contributed by atoms with E-state index in [0.29, 0.717) is 0 Å². The highest BCUT2D eigenvalue weighted by molar-refractivity contribution is 5.91. The fraction of sp³-hybridized carbons (Fsp3) is 0.368. The predicted molar refractivity (Wildman–Crippen MR) is 96.8 cm³/mol. The Labute approximate surface area is 162 Å². The molecule has 1 N–H and O–H groups in total. The molecule has 0 fully saturated rings. The monoisotopic (exact) mass is 393 g/mol. The minimum absolute atomic E-state index is 0.0433. The lowest BCUT2D eigenvalue weighted by atomic mass is 9.92. The lowest BCUT2D eigenvalue weighted by molar-refractivity contribution is -0.154. The van der Waals surface area contributed by atoms with Gasteiger partial charge in [-0.05, 0) is 12.0 Å². The summed E-state index contributed by atoms with van der Waals surface area (Å²) in [5.41, 5.74) is 0.655. The Kier molecular flexibility index (Phi) is 9.21. The maximum atomic E-state index is 12.2. The van der Waals surface area contributed by atoms with Crippen molar-refractivity contribution in [2.45, 2.75) is 19.1 Å². The molecule has 1 aromatic carbocycles. The van der Waals surface area contributed by atoms with Gasteiger partial charge < -0.3 is 24.3 Å². The second-order valence-corrected chi connectivity index (χ2v) is 5.64. The molecule has 0 aliphatic heterocycles. The molecule has 0 heterocycles. The highest BCUT2D eigenvalue weighted by Crippen LogP contribution is 2.19. The van der Waals surface area contributed by atoms with Crippen LogP contribution in [0.5, 0.6) is 0 Å². The van der Waals surface area contributed by atoms with E-state index in [0.717, 1.165) is 26.9 Å². The molecule has 1 amide bonds. The molecule has 0 spiro atoms. The Balaban J connectivity index is 2.92. The summed E-state index contributed by atoms with van der Waals surface area (Å²) < 4.78 is 18.9. The zero-order chi connectivity index (χ0) is 21.1. The number of carbonyl (C=O) groups excluding carboxylic acids is 4. The number of benzene rings is 1. The van der Waals surface area contributed by atoms with Gasteiger partial charge in [0.05, 0.1) is 27.2 Å². The van der Waals surface area contributed by atoms with Gasteiger partial charge in [-0.3, -0.25) is 4.79 Å². The van der Waals surface area contributed by atoms with Gasteiger partial charge in [0.15, 0.2) is 0 Å². The lowest BCUT2D eigenvalue weighted by Gasteiger charge is -2.24. The number of amides is 1. The third-order valence-electron chi connectivity index (χ3n) is 3.79. The van der Waals surface area contributed by atoms with Crippen molar-refractivity contribution in [2.75, 3.05) is 21.3 Å². The third-order valence-corrected chi connectivity index (χ3v) is 3.79. The smallest absolute Gasteiger partial charge is 0.408 e. The van der Waals surface area contributed by atoms with Crippen LogP contribution in [-0.4, -0.2) is 51.4 Å². The van der Waals surface area contributed by atoms with Crippen molar-refractivity contribution in [2.24, 2.45) is 5.92 Å². The molecule has 28 heavy (non-hydrogen) atoms. The van der Waals surface area contributed by atoms with E-state index in [4.69, 9.17) is 4.74 Å². The van der Waals surface area contributed by atoms with Gasteiger partial charge in [0.25, 0.3) is 0 Å². The van der Waals surface area contributed by atoms with E-state index >= 15 is 0 Å². The molecule has 0 aliphatic rings. The quantitative estimate of drug-likeness (QED) is 0.380. The van der Waals surface area contributed by atoms with Crippen LogP contribution in [0.3, 0.4) is 0 Å². The summed E-state index contributed by atoms with van der Waals surface area (Å²) in [6, 6.07) is 7.42. The van der Waals surface area contributed by atoms with Crippen LogP contribution in [0.15, 0.2) is 42.5 Å². The number of carbonyl (C=O) groups is 4. The number of hydrogen-bond acceptors (Lipinski definition) is 8. The van der Waals surface area contributed by atoms with Gasteiger partial charge >= 0.3 is 24.0 Å². The first-order valence-electron chi connectivity index (χ1n) is 8.23. The van der Waals surface area contributed by atoms with Crippen LogP contribution < -0.4 is 5.32 Å². The fourth-order valence-electron chi connectivity index (χ4n) is 2.32. The van der Waals surface area contributed by atoms with Gasteiger partial charge in [-0.25, -0.2) is 14.4 Å². The molecule has 1 rings (SSSR count). The molecule has 152 valence electrons. The van der Waals surface area contributed by atoms with Crippen molar-refractivity contribution in [1.82, 2.24) is 5.32 Å². The first-order valence-corrected chi connectivity index (χ1v) is 8.23. The lowest BCUT2D eigenvalue weighted by Crippen LogP contribution is -2.49. The molecule has 9 heteroatoms. The number of esters is 3. The van der Waals surface area contributed by atoms with E-state index in [1.165, 1.54) is 0 Å². The Morgan fingerprint density at radius 3 is 2.11 bits per heavy atom. The Morgan fingerprint density at radius 2 is 1.57 bits per heavy atom. The SMILES string of the molecule is C=C(C[C@@H](C(=O)OC)[C@H](NC(=O)OCc1ccccc1)C(=O)OC)C(=O)OC. The first kappa shape index (κ1) is 22.7. The number of methoxy groups -OCH3 is 3. The van der Waals surface area contributed by atoms with E-state index in [1.807, 2.05) is 6.07 Å². The molecular weight excluding hydrogens is 370 g/mol. The number of rotatable bonds is 9. The van der Waals surface area contributed by atoms with Crippen molar-refractivity contribution in [3.05, 3.63) is 48.0 Å². The van der Waals surface area contributed by atoms with Crippen LogP contribution in [-0.2, 0) is 39.9 Å².